The number of hydrogen-bond donors (Lipinski definition) is 0. The SMILES string of the molecule is CCN1C(C)(C)CC(OC)CC1(C)C. The highest BCUT2D eigenvalue weighted by molar-refractivity contribution is 4.99. The van der Waals surface area contributed by atoms with Crippen LogP contribution in [-0.4, -0.2) is 35.7 Å². The lowest BCUT2D eigenvalue weighted by Gasteiger charge is -2.54. The van der Waals surface area contributed by atoms with Crippen molar-refractivity contribution in [2.75, 3.05) is 13.7 Å². The van der Waals surface area contributed by atoms with Crippen LogP contribution in [0.15, 0.2) is 0 Å². The molecule has 0 aromatic heterocycles. The highest BCUT2D eigenvalue weighted by Gasteiger charge is 2.44. The molecule has 1 aliphatic rings. The summed E-state index contributed by atoms with van der Waals surface area (Å²) in [5, 5.41) is 0. The number of nitrogens with zero attached hydrogens (tertiary/aromatic N) is 1. The first-order valence-electron chi connectivity index (χ1n) is 5.64. The van der Waals surface area contributed by atoms with Crippen LogP contribution < -0.4 is 0 Å². The molecule has 2 heteroatoms. The van der Waals surface area contributed by atoms with E-state index in [1.54, 1.807) is 0 Å². The molecule has 84 valence electrons. The maximum Gasteiger partial charge on any atom is 0.0606 e. The van der Waals surface area contributed by atoms with Crippen molar-refractivity contribution >= 4 is 0 Å². The van der Waals surface area contributed by atoms with E-state index in [-0.39, 0.29) is 11.1 Å². The molecule has 0 atom stereocenters. The molecular formula is C12H25NO. The normalized spacial score (nSPS) is 27.9. The highest BCUT2D eigenvalue weighted by atomic mass is 16.5. The Morgan fingerprint density at radius 2 is 1.57 bits per heavy atom. The van der Waals surface area contributed by atoms with E-state index in [0.717, 1.165) is 19.4 Å². The topological polar surface area (TPSA) is 12.5 Å². The number of methoxy groups -OCH3 is 1. The van der Waals surface area contributed by atoms with Crippen LogP contribution in [-0.2, 0) is 4.74 Å². The summed E-state index contributed by atoms with van der Waals surface area (Å²) in [7, 11) is 1.83. The third-order valence-corrected chi connectivity index (χ3v) is 3.57. The molecule has 0 amide bonds. The molecule has 1 rings (SSSR count). The van der Waals surface area contributed by atoms with Gasteiger partial charge in [0, 0.05) is 18.2 Å². The number of hydrogen-bond acceptors (Lipinski definition) is 2. The minimum absolute atomic E-state index is 0.261. The second-order valence-corrected chi connectivity index (χ2v) is 5.64. The van der Waals surface area contributed by atoms with E-state index in [4.69, 9.17) is 4.74 Å². The monoisotopic (exact) mass is 199 g/mol. The van der Waals surface area contributed by atoms with Gasteiger partial charge in [0.2, 0.25) is 0 Å². The summed E-state index contributed by atoms with van der Waals surface area (Å²) in [6.45, 7) is 12.7. The van der Waals surface area contributed by atoms with Gasteiger partial charge in [0.15, 0.2) is 0 Å². The lowest BCUT2D eigenvalue weighted by Crippen LogP contribution is -2.61. The molecule has 0 N–H and O–H groups in total. The number of ether oxygens (including phenoxy) is 1. The fourth-order valence-electron chi connectivity index (χ4n) is 3.25. The van der Waals surface area contributed by atoms with E-state index in [2.05, 4.69) is 39.5 Å². The minimum Gasteiger partial charge on any atom is -0.381 e. The van der Waals surface area contributed by atoms with Crippen molar-refractivity contribution in [3.05, 3.63) is 0 Å². The van der Waals surface area contributed by atoms with Crippen LogP contribution in [0.3, 0.4) is 0 Å². The smallest absolute Gasteiger partial charge is 0.0606 e. The standard InChI is InChI=1S/C12H25NO/c1-7-13-11(2,3)8-10(14-6)9-12(13,4)5/h10H,7-9H2,1-6H3. The number of likely N-dealkylation sites (tertiary alicyclic amines) is 1. The minimum atomic E-state index is 0.261. The Bertz CT molecular complexity index is 180. The van der Waals surface area contributed by atoms with Crippen LogP contribution in [0.5, 0.6) is 0 Å². The third-order valence-electron chi connectivity index (χ3n) is 3.57. The molecule has 0 bridgehead atoms. The largest absolute Gasteiger partial charge is 0.381 e. The molecule has 0 radical (unpaired) electrons. The van der Waals surface area contributed by atoms with Gasteiger partial charge in [0.25, 0.3) is 0 Å². The second-order valence-electron chi connectivity index (χ2n) is 5.64. The van der Waals surface area contributed by atoms with Crippen molar-refractivity contribution in [1.82, 2.24) is 4.90 Å². The van der Waals surface area contributed by atoms with Crippen LogP contribution in [0.1, 0.15) is 47.5 Å². The maximum absolute atomic E-state index is 5.53. The highest BCUT2D eigenvalue weighted by Crippen LogP contribution is 2.38. The van der Waals surface area contributed by atoms with E-state index in [1.165, 1.54) is 0 Å². The molecule has 14 heavy (non-hydrogen) atoms. The zero-order valence-corrected chi connectivity index (χ0v) is 10.6. The summed E-state index contributed by atoms with van der Waals surface area (Å²) in [4.78, 5) is 2.59. The van der Waals surface area contributed by atoms with Gasteiger partial charge in [-0.2, -0.15) is 0 Å². The van der Waals surface area contributed by atoms with Crippen molar-refractivity contribution in [3.8, 4) is 0 Å². The summed E-state index contributed by atoms with van der Waals surface area (Å²) in [5.41, 5.74) is 0.522. The van der Waals surface area contributed by atoms with E-state index in [0.29, 0.717) is 6.10 Å². The lowest BCUT2D eigenvalue weighted by molar-refractivity contribution is -0.0898. The molecule has 0 unspecified atom stereocenters. The fraction of sp³-hybridized carbons (Fsp3) is 1.00. The van der Waals surface area contributed by atoms with Crippen LogP contribution in [0.2, 0.25) is 0 Å². The molecule has 0 aliphatic carbocycles. The number of rotatable bonds is 2. The first-order valence-corrected chi connectivity index (χ1v) is 5.64. The van der Waals surface area contributed by atoms with Gasteiger partial charge in [-0.15, -0.1) is 0 Å². The zero-order valence-electron chi connectivity index (χ0n) is 10.6. The Morgan fingerprint density at radius 3 is 1.86 bits per heavy atom. The van der Waals surface area contributed by atoms with Crippen molar-refractivity contribution in [2.45, 2.75) is 64.6 Å². The van der Waals surface area contributed by atoms with Crippen molar-refractivity contribution in [3.63, 3.8) is 0 Å². The van der Waals surface area contributed by atoms with Crippen molar-refractivity contribution in [2.24, 2.45) is 0 Å². The van der Waals surface area contributed by atoms with Gasteiger partial charge in [0.1, 0.15) is 0 Å². The predicted molar refractivity (Wildman–Crippen MR) is 60.6 cm³/mol. The lowest BCUT2D eigenvalue weighted by atomic mass is 9.78. The predicted octanol–water partition coefficient (Wildman–Crippen LogP) is 2.67. The first kappa shape index (κ1) is 12.0. The van der Waals surface area contributed by atoms with Crippen LogP contribution in [0.25, 0.3) is 0 Å². The van der Waals surface area contributed by atoms with Gasteiger partial charge in [-0.3, -0.25) is 4.90 Å². The van der Waals surface area contributed by atoms with Gasteiger partial charge in [-0.05, 0) is 47.1 Å². The van der Waals surface area contributed by atoms with Crippen LogP contribution in [0.4, 0.5) is 0 Å². The van der Waals surface area contributed by atoms with Gasteiger partial charge in [0.05, 0.1) is 6.10 Å². The Balaban J connectivity index is 2.87. The Labute approximate surface area is 88.6 Å². The molecule has 1 saturated heterocycles. The quantitative estimate of drug-likeness (QED) is 0.678. The molecule has 1 fully saturated rings. The van der Waals surface area contributed by atoms with Gasteiger partial charge in [-0.25, -0.2) is 0 Å². The molecule has 2 nitrogen and oxygen atoms in total. The van der Waals surface area contributed by atoms with E-state index in [9.17, 15) is 0 Å². The van der Waals surface area contributed by atoms with Crippen molar-refractivity contribution < 1.29 is 4.74 Å². The maximum atomic E-state index is 5.53. The van der Waals surface area contributed by atoms with Crippen LogP contribution in [0, 0.1) is 0 Å². The molecule has 0 aromatic carbocycles. The molecule has 0 saturated carbocycles. The second kappa shape index (κ2) is 3.82. The van der Waals surface area contributed by atoms with Gasteiger partial charge in [-0.1, -0.05) is 6.92 Å². The summed E-state index contributed by atoms with van der Waals surface area (Å²) in [6.07, 6.45) is 2.70. The Morgan fingerprint density at radius 1 is 1.14 bits per heavy atom. The summed E-state index contributed by atoms with van der Waals surface area (Å²) < 4.78 is 5.53. The van der Waals surface area contributed by atoms with Crippen molar-refractivity contribution in [1.29, 1.82) is 0 Å². The van der Waals surface area contributed by atoms with E-state index < -0.39 is 0 Å². The van der Waals surface area contributed by atoms with Crippen LogP contribution >= 0.6 is 0 Å². The number of piperidine rings is 1. The molecule has 1 heterocycles. The summed E-state index contributed by atoms with van der Waals surface area (Å²) in [6, 6.07) is 0. The fourth-order valence-corrected chi connectivity index (χ4v) is 3.25. The Kier molecular flexibility index (Phi) is 3.27. The van der Waals surface area contributed by atoms with Gasteiger partial charge < -0.3 is 4.74 Å². The first-order chi connectivity index (χ1) is 6.33. The third kappa shape index (κ3) is 2.12. The molecular weight excluding hydrogens is 174 g/mol. The molecule has 1 aliphatic heterocycles. The molecule has 0 spiro atoms. The summed E-state index contributed by atoms with van der Waals surface area (Å²) >= 11 is 0. The van der Waals surface area contributed by atoms with E-state index >= 15 is 0 Å². The molecule has 0 aromatic rings. The Hall–Kier alpha value is -0.0800. The zero-order chi connectivity index (χ0) is 11.0. The average molecular weight is 199 g/mol. The summed E-state index contributed by atoms with van der Waals surface area (Å²) in [5.74, 6) is 0. The average Bonchev–Trinajstić information content (AvgIpc) is 2.00. The van der Waals surface area contributed by atoms with E-state index in [1.807, 2.05) is 7.11 Å². The van der Waals surface area contributed by atoms with Gasteiger partial charge >= 0.3 is 0 Å².